The predicted molar refractivity (Wildman–Crippen MR) is 92.8 cm³/mol. The number of amides is 1. The fourth-order valence-corrected chi connectivity index (χ4v) is 3.62. The first-order valence-corrected chi connectivity index (χ1v) is 8.61. The van der Waals surface area contributed by atoms with Crippen LogP contribution in [0.2, 0.25) is 0 Å². The van der Waals surface area contributed by atoms with Crippen LogP contribution in [0, 0.1) is 12.8 Å². The molecule has 0 bridgehead atoms. The van der Waals surface area contributed by atoms with E-state index >= 15 is 0 Å². The number of carbonyl (C=O) groups is 2. The zero-order valence-corrected chi connectivity index (χ0v) is 14.3. The van der Waals surface area contributed by atoms with Crippen LogP contribution in [0.3, 0.4) is 0 Å². The number of likely N-dealkylation sites (tertiary alicyclic amines) is 1. The Morgan fingerprint density at radius 3 is 2.80 bits per heavy atom. The number of carboxylic acid groups (broad SMARTS) is 1. The highest BCUT2D eigenvalue weighted by atomic mass is 16.4. The Labute approximate surface area is 147 Å². The Hall–Kier alpha value is -2.63. The number of benzene rings is 1. The Kier molecular flexibility index (Phi) is 5.16. The van der Waals surface area contributed by atoms with Gasteiger partial charge >= 0.3 is 5.97 Å². The number of imidazole rings is 1. The van der Waals surface area contributed by atoms with Gasteiger partial charge in [-0.25, -0.2) is 4.98 Å². The lowest BCUT2D eigenvalue weighted by molar-refractivity contribution is -0.152. The van der Waals surface area contributed by atoms with Crippen molar-refractivity contribution >= 4 is 11.9 Å². The lowest BCUT2D eigenvalue weighted by Gasteiger charge is -2.40. The lowest BCUT2D eigenvalue weighted by Crippen LogP contribution is -2.46. The van der Waals surface area contributed by atoms with Gasteiger partial charge in [0.2, 0.25) is 5.91 Å². The molecule has 1 fully saturated rings. The first kappa shape index (κ1) is 17.2. The van der Waals surface area contributed by atoms with Gasteiger partial charge < -0.3 is 14.6 Å². The van der Waals surface area contributed by atoms with Crippen LogP contribution in [-0.2, 0) is 16.1 Å². The van der Waals surface area contributed by atoms with E-state index in [0.717, 1.165) is 24.1 Å². The van der Waals surface area contributed by atoms with Crippen LogP contribution in [-0.4, -0.2) is 38.0 Å². The molecule has 132 valence electrons. The van der Waals surface area contributed by atoms with Crippen molar-refractivity contribution in [3.8, 4) is 0 Å². The first-order chi connectivity index (χ1) is 12.1. The topological polar surface area (TPSA) is 75.4 Å². The van der Waals surface area contributed by atoms with Crippen LogP contribution in [0.5, 0.6) is 0 Å². The van der Waals surface area contributed by atoms with E-state index in [9.17, 15) is 14.7 Å². The average Bonchev–Trinajstić information content (AvgIpc) is 3.10. The SMILES string of the molecule is Cc1ccccc1[C@H]1[C@@H](C(=O)O)CCC(=O)N1CCCn1ccnc1. The molecular weight excluding hydrogens is 318 g/mol. The van der Waals surface area contributed by atoms with Crippen molar-refractivity contribution in [2.45, 2.75) is 38.8 Å². The van der Waals surface area contributed by atoms with E-state index in [0.29, 0.717) is 19.4 Å². The molecule has 1 aromatic carbocycles. The molecule has 0 unspecified atom stereocenters. The molecule has 1 amide bonds. The highest BCUT2D eigenvalue weighted by Crippen LogP contribution is 2.38. The molecule has 6 heteroatoms. The number of hydrogen-bond donors (Lipinski definition) is 1. The predicted octanol–water partition coefficient (Wildman–Crippen LogP) is 2.65. The second-order valence-corrected chi connectivity index (χ2v) is 6.53. The van der Waals surface area contributed by atoms with Gasteiger partial charge in [0.15, 0.2) is 0 Å². The average molecular weight is 341 g/mol. The maximum atomic E-state index is 12.6. The van der Waals surface area contributed by atoms with Crippen molar-refractivity contribution in [3.63, 3.8) is 0 Å². The molecule has 1 N–H and O–H groups in total. The number of carboxylic acids is 1. The van der Waals surface area contributed by atoms with Gasteiger partial charge in [0.25, 0.3) is 0 Å². The lowest BCUT2D eigenvalue weighted by atomic mass is 9.82. The van der Waals surface area contributed by atoms with Gasteiger partial charge in [-0.3, -0.25) is 9.59 Å². The molecule has 3 rings (SSSR count). The zero-order chi connectivity index (χ0) is 17.8. The number of nitrogens with zero attached hydrogens (tertiary/aromatic N) is 3. The van der Waals surface area contributed by atoms with Gasteiger partial charge in [-0.2, -0.15) is 0 Å². The van der Waals surface area contributed by atoms with Crippen LogP contribution < -0.4 is 0 Å². The first-order valence-electron chi connectivity index (χ1n) is 8.61. The van der Waals surface area contributed by atoms with Gasteiger partial charge in [-0.15, -0.1) is 0 Å². The van der Waals surface area contributed by atoms with E-state index in [2.05, 4.69) is 4.98 Å². The van der Waals surface area contributed by atoms with Crippen molar-refractivity contribution in [1.29, 1.82) is 0 Å². The quantitative estimate of drug-likeness (QED) is 0.876. The molecule has 2 atom stereocenters. The van der Waals surface area contributed by atoms with E-state index in [1.54, 1.807) is 17.4 Å². The molecule has 6 nitrogen and oxygen atoms in total. The molecular formula is C19H23N3O3. The molecule has 2 heterocycles. The molecule has 1 aliphatic heterocycles. The third-order valence-corrected chi connectivity index (χ3v) is 4.91. The Morgan fingerprint density at radius 2 is 2.12 bits per heavy atom. The molecule has 1 saturated heterocycles. The highest BCUT2D eigenvalue weighted by Gasteiger charge is 2.40. The van der Waals surface area contributed by atoms with E-state index < -0.39 is 17.9 Å². The third-order valence-electron chi connectivity index (χ3n) is 4.91. The number of rotatable bonds is 6. The van der Waals surface area contributed by atoms with Crippen LogP contribution in [0.15, 0.2) is 43.0 Å². The number of aromatic nitrogens is 2. The third kappa shape index (κ3) is 3.73. The minimum Gasteiger partial charge on any atom is -0.481 e. The summed E-state index contributed by atoms with van der Waals surface area (Å²) in [5.74, 6) is -1.36. The summed E-state index contributed by atoms with van der Waals surface area (Å²) in [5, 5.41) is 9.69. The summed E-state index contributed by atoms with van der Waals surface area (Å²) < 4.78 is 1.96. The van der Waals surface area contributed by atoms with E-state index in [-0.39, 0.29) is 5.91 Å². The van der Waals surface area contributed by atoms with Crippen molar-refractivity contribution in [2.24, 2.45) is 5.92 Å². The van der Waals surface area contributed by atoms with Crippen molar-refractivity contribution in [3.05, 3.63) is 54.1 Å². The van der Waals surface area contributed by atoms with Crippen molar-refractivity contribution in [2.75, 3.05) is 6.54 Å². The number of piperidine rings is 1. The molecule has 0 aliphatic carbocycles. The van der Waals surface area contributed by atoms with E-state index in [1.165, 1.54) is 0 Å². The molecule has 0 spiro atoms. The van der Waals surface area contributed by atoms with Gasteiger partial charge in [0.1, 0.15) is 0 Å². The minimum absolute atomic E-state index is 0.0383. The summed E-state index contributed by atoms with van der Waals surface area (Å²) in [6.45, 7) is 3.26. The number of aliphatic carboxylic acids is 1. The smallest absolute Gasteiger partial charge is 0.308 e. The Morgan fingerprint density at radius 1 is 1.32 bits per heavy atom. The maximum Gasteiger partial charge on any atom is 0.308 e. The number of hydrogen-bond acceptors (Lipinski definition) is 3. The zero-order valence-electron chi connectivity index (χ0n) is 14.3. The second-order valence-electron chi connectivity index (χ2n) is 6.53. The largest absolute Gasteiger partial charge is 0.481 e. The second kappa shape index (κ2) is 7.51. The molecule has 0 saturated carbocycles. The monoisotopic (exact) mass is 341 g/mol. The fourth-order valence-electron chi connectivity index (χ4n) is 3.62. The Bertz CT molecular complexity index is 742. The van der Waals surface area contributed by atoms with Gasteiger partial charge in [-0.05, 0) is 30.9 Å². The molecule has 0 radical (unpaired) electrons. The van der Waals surface area contributed by atoms with Crippen LogP contribution in [0.1, 0.15) is 36.4 Å². The highest BCUT2D eigenvalue weighted by molar-refractivity contribution is 5.82. The summed E-state index contributed by atoms with van der Waals surface area (Å²) in [6, 6.07) is 7.35. The number of carbonyl (C=O) groups excluding carboxylic acids is 1. The van der Waals surface area contributed by atoms with Gasteiger partial charge in [-0.1, -0.05) is 24.3 Å². The fraction of sp³-hybridized carbons (Fsp3) is 0.421. The van der Waals surface area contributed by atoms with Crippen LogP contribution in [0.25, 0.3) is 0 Å². The van der Waals surface area contributed by atoms with Crippen LogP contribution in [0.4, 0.5) is 0 Å². The molecule has 1 aliphatic rings. The van der Waals surface area contributed by atoms with Gasteiger partial charge in [0, 0.05) is 31.9 Å². The summed E-state index contributed by atoms with van der Waals surface area (Å²) in [6.07, 6.45) is 6.81. The molecule has 25 heavy (non-hydrogen) atoms. The summed E-state index contributed by atoms with van der Waals surface area (Å²) in [4.78, 5) is 30.2. The molecule has 2 aromatic rings. The summed E-state index contributed by atoms with van der Waals surface area (Å²) in [7, 11) is 0. The van der Waals surface area contributed by atoms with E-state index in [1.807, 2.05) is 42.0 Å². The number of aryl methyl sites for hydroxylation is 2. The van der Waals surface area contributed by atoms with Crippen molar-refractivity contribution in [1.82, 2.24) is 14.5 Å². The molecule has 1 aromatic heterocycles. The van der Waals surface area contributed by atoms with Gasteiger partial charge in [0.05, 0.1) is 18.3 Å². The van der Waals surface area contributed by atoms with Crippen molar-refractivity contribution < 1.29 is 14.7 Å². The summed E-state index contributed by atoms with van der Waals surface area (Å²) in [5.41, 5.74) is 1.96. The van der Waals surface area contributed by atoms with E-state index in [4.69, 9.17) is 0 Å². The Balaban J connectivity index is 1.84. The minimum atomic E-state index is -0.833. The summed E-state index contributed by atoms with van der Waals surface area (Å²) >= 11 is 0. The van der Waals surface area contributed by atoms with Crippen LogP contribution >= 0.6 is 0 Å². The normalized spacial score (nSPS) is 20.7. The standard InChI is InChI=1S/C19H23N3O3/c1-14-5-2-3-6-15(14)18-16(19(24)25)7-8-17(23)22(18)11-4-10-21-12-9-20-13-21/h2-3,5-6,9,12-13,16,18H,4,7-8,10-11H2,1H3,(H,24,25)/t16-,18-/m0/s1. The maximum absolute atomic E-state index is 12.6.